The zero-order valence-electron chi connectivity index (χ0n) is 21.4. The smallest absolute Gasteiger partial charge is 0.235 e. The fourth-order valence-corrected chi connectivity index (χ4v) is 6.10. The summed E-state index contributed by atoms with van der Waals surface area (Å²) in [6, 6.07) is 42.0. The van der Waals surface area contributed by atoms with Crippen molar-refractivity contribution in [3.63, 3.8) is 0 Å². The van der Waals surface area contributed by atoms with Gasteiger partial charge in [-0.15, -0.1) is 0 Å². The van der Waals surface area contributed by atoms with E-state index in [0.717, 1.165) is 71.4 Å². The minimum absolute atomic E-state index is 0.648. The van der Waals surface area contributed by atoms with Gasteiger partial charge in [-0.2, -0.15) is 0 Å². The number of pyridine rings is 1. The average Bonchev–Trinajstić information content (AvgIpc) is 3.54. The van der Waals surface area contributed by atoms with Gasteiger partial charge in [0.05, 0.1) is 33.3 Å². The van der Waals surface area contributed by atoms with Crippen molar-refractivity contribution in [3.05, 3.63) is 128 Å². The highest BCUT2D eigenvalue weighted by molar-refractivity contribution is 6.12. The largest absolute Gasteiger partial charge is 0.299 e. The number of para-hydroxylation sites is 3. The minimum Gasteiger partial charge on any atom is -0.299 e. The number of hydrogen-bond acceptors (Lipinski definition) is 3. The number of fused-ring (bicyclic) bond motifs is 9. The maximum absolute atomic E-state index is 5.28. The van der Waals surface area contributed by atoms with Crippen LogP contribution in [0.25, 0.3) is 77.4 Å². The molecular weight excluding hydrogens is 490 g/mol. The van der Waals surface area contributed by atoms with Crippen LogP contribution < -0.4 is 0 Å². The predicted octanol–water partition coefficient (Wildman–Crippen LogP) is 8.35. The van der Waals surface area contributed by atoms with E-state index in [1.54, 1.807) is 0 Å². The van der Waals surface area contributed by atoms with Crippen LogP contribution >= 0.6 is 0 Å². The molecule has 0 N–H and O–H groups in total. The highest BCUT2D eigenvalue weighted by atomic mass is 15.2. The second-order valence-corrected chi connectivity index (χ2v) is 10.2. The number of rotatable bonds is 2. The summed E-state index contributed by atoms with van der Waals surface area (Å²) in [5, 5.41) is 5.60. The molecule has 0 amide bonds. The molecule has 4 aromatic heterocycles. The van der Waals surface area contributed by atoms with E-state index < -0.39 is 0 Å². The minimum atomic E-state index is 0.648. The summed E-state index contributed by atoms with van der Waals surface area (Å²) in [4.78, 5) is 15.5. The first-order valence-electron chi connectivity index (χ1n) is 13.4. The van der Waals surface area contributed by atoms with Gasteiger partial charge in [0.25, 0.3) is 0 Å². The molecule has 40 heavy (non-hydrogen) atoms. The van der Waals surface area contributed by atoms with Crippen LogP contribution in [-0.2, 0) is 0 Å². The number of nitrogens with zero attached hydrogens (tertiary/aromatic N) is 5. The summed E-state index contributed by atoms with van der Waals surface area (Å²) in [6.07, 6.45) is 2.20. The van der Waals surface area contributed by atoms with Crippen LogP contribution in [0, 0.1) is 0 Å². The molecule has 9 aromatic rings. The first-order chi connectivity index (χ1) is 19.8. The van der Waals surface area contributed by atoms with Crippen LogP contribution in [0.1, 0.15) is 0 Å². The van der Waals surface area contributed by atoms with Gasteiger partial charge in [0.2, 0.25) is 5.95 Å². The third-order valence-electron chi connectivity index (χ3n) is 7.93. The van der Waals surface area contributed by atoms with E-state index in [-0.39, 0.29) is 0 Å². The van der Waals surface area contributed by atoms with E-state index in [9.17, 15) is 0 Å². The Kier molecular flexibility index (Phi) is 4.27. The fourth-order valence-electron chi connectivity index (χ4n) is 6.10. The summed E-state index contributed by atoms with van der Waals surface area (Å²) in [5.74, 6) is 0.648. The molecule has 0 spiro atoms. The summed E-state index contributed by atoms with van der Waals surface area (Å²) in [7, 11) is 0. The number of benzene rings is 5. The Morgan fingerprint density at radius 3 is 2.15 bits per heavy atom. The number of hydrogen-bond donors (Lipinski definition) is 0. The number of aromatic nitrogens is 5. The van der Waals surface area contributed by atoms with Crippen molar-refractivity contribution in [1.29, 1.82) is 0 Å². The lowest BCUT2D eigenvalue weighted by Crippen LogP contribution is -2.04. The highest BCUT2D eigenvalue weighted by Gasteiger charge is 2.19. The molecule has 0 radical (unpaired) electrons. The van der Waals surface area contributed by atoms with E-state index in [0.29, 0.717) is 5.95 Å². The van der Waals surface area contributed by atoms with Gasteiger partial charge in [0.1, 0.15) is 5.65 Å². The van der Waals surface area contributed by atoms with Crippen molar-refractivity contribution in [1.82, 2.24) is 23.9 Å². The molecular formula is C35H21N5. The Hall–Kier alpha value is -5.55. The van der Waals surface area contributed by atoms with Crippen molar-refractivity contribution in [2.24, 2.45) is 0 Å². The van der Waals surface area contributed by atoms with E-state index in [2.05, 4.69) is 124 Å². The molecule has 0 unspecified atom stereocenters. The number of imidazole rings is 1. The lowest BCUT2D eigenvalue weighted by atomic mass is 10.0. The standard InChI is InChI=1S/C35H21N5/c1-2-11-23(12-3-1)33-26-19-18-22-10-4-5-13-24(22)34(26)38-35(37-33)40-29-16-8-6-14-25(29)27-21-39-30-17-9-7-15-28(30)36-32(39)20-31(27)40/h1-21H. The Bertz CT molecular complexity index is 2430. The predicted molar refractivity (Wildman–Crippen MR) is 163 cm³/mol. The molecule has 186 valence electrons. The highest BCUT2D eigenvalue weighted by Crippen LogP contribution is 2.36. The first kappa shape index (κ1) is 21.4. The Morgan fingerprint density at radius 1 is 0.500 bits per heavy atom. The van der Waals surface area contributed by atoms with Gasteiger partial charge < -0.3 is 0 Å². The van der Waals surface area contributed by atoms with Crippen molar-refractivity contribution in [2.45, 2.75) is 0 Å². The van der Waals surface area contributed by atoms with Crippen LogP contribution in [-0.4, -0.2) is 23.9 Å². The fraction of sp³-hybridized carbons (Fsp3) is 0. The molecule has 0 bridgehead atoms. The van der Waals surface area contributed by atoms with Gasteiger partial charge in [0.15, 0.2) is 0 Å². The van der Waals surface area contributed by atoms with Gasteiger partial charge in [-0.1, -0.05) is 91.0 Å². The van der Waals surface area contributed by atoms with Crippen molar-refractivity contribution in [3.8, 4) is 17.2 Å². The van der Waals surface area contributed by atoms with E-state index in [1.807, 2.05) is 12.1 Å². The maximum atomic E-state index is 5.28. The van der Waals surface area contributed by atoms with Gasteiger partial charge in [-0.25, -0.2) is 15.0 Å². The summed E-state index contributed by atoms with van der Waals surface area (Å²) >= 11 is 0. The van der Waals surface area contributed by atoms with E-state index in [4.69, 9.17) is 15.0 Å². The molecule has 9 rings (SSSR count). The zero-order valence-corrected chi connectivity index (χ0v) is 21.4. The van der Waals surface area contributed by atoms with Crippen LogP contribution in [0.5, 0.6) is 0 Å². The molecule has 0 aliphatic rings. The molecule has 0 aliphatic carbocycles. The van der Waals surface area contributed by atoms with E-state index >= 15 is 0 Å². The topological polar surface area (TPSA) is 48.0 Å². The average molecular weight is 512 g/mol. The van der Waals surface area contributed by atoms with Crippen LogP contribution in [0.3, 0.4) is 0 Å². The van der Waals surface area contributed by atoms with Gasteiger partial charge in [0, 0.05) is 39.4 Å². The second-order valence-electron chi connectivity index (χ2n) is 10.2. The van der Waals surface area contributed by atoms with Gasteiger partial charge in [-0.05, 0) is 29.7 Å². The SMILES string of the molecule is c1ccc(-c2nc(-n3c4ccccc4c4cn5c(cc43)nc3ccccc35)nc3c2ccc2ccccc23)cc1. The Morgan fingerprint density at radius 2 is 1.25 bits per heavy atom. The quantitative estimate of drug-likeness (QED) is 0.219. The third-order valence-corrected chi connectivity index (χ3v) is 7.93. The zero-order chi connectivity index (χ0) is 26.2. The van der Waals surface area contributed by atoms with Crippen LogP contribution in [0.15, 0.2) is 128 Å². The van der Waals surface area contributed by atoms with E-state index in [1.165, 1.54) is 0 Å². The van der Waals surface area contributed by atoms with Crippen LogP contribution in [0.2, 0.25) is 0 Å². The lowest BCUT2D eigenvalue weighted by molar-refractivity contribution is 1.01. The summed E-state index contributed by atoms with van der Waals surface area (Å²) in [5.41, 5.74) is 7.99. The molecule has 5 aromatic carbocycles. The van der Waals surface area contributed by atoms with Crippen LogP contribution in [0.4, 0.5) is 0 Å². The van der Waals surface area contributed by atoms with Gasteiger partial charge >= 0.3 is 0 Å². The van der Waals surface area contributed by atoms with Crippen molar-refractivity contribution < 1.29 is 0 Å². The molecule has 0 aliphatic heterocycles. The van der Waals surface area contributed by atoms with Gasteiger partial charge in [-0.3, -0.25) is 8.97 Å². The lowest BCUT2D eigenvalue weighted by Gasteiger charge is -2.13. The second kappa shape index (κ2) is 7.98. The first-order valence-corrected chi connectivity index (χ1v) is 13.4. The normalized spacial score (nSPS) is 12.0. The molecule has 0 fully saturated rings. The summed E-state index contributed by atoms with van der Waals surface area (Å²) < 4.78 is 4.37. The molecule has 5 heteroatoms. The van der Waals surface area contributed by atoms with Crippen molar-refractivity contribution in [2.75, 3.05) is 0 Å². The Labute approximate surface area is 228 Å². The molecule has 5 nitrogen and oxygen atoms in total. The molecule has 0 saturated carbocycles. The summed E-state index contributed by atoms with van der Waals surface area (Å²) in [6.45, 7) is 0. The molecule has 0 saturated heterocycles. The Balaban J connectivity index is 1.45. The maximum Gasteiger partial charge on any atom is 0.235 e. The molecule has 4 heterocycles. The van der Waals surface area contributed by atoms with Crippen molar-refractivity contribution >= 4 is 60.2 Å². The monoisotopic (exact) mass is 511 g/mol. The third kappa shape index (κ3) is 2.94. The molecule has 0 atom stereocenters.